The molecule has 0 amide bonds. The topological polar surface area (TPSA) is 72.4 Å². The van der Waals surface area contributed by atoms with Gasteiger partial charge < -0.3 is 4.90 Å². The largest absolute Gasteiger partial charge is 0.361 e. The molecule has 1 heterocycles. The summed E-state index contributed by atoms with van der Waals surface area (Å²) in [6.07, 6.45) is 2.92. The molecule has 0 unspecified atom stereocenters. The van der Waals surface area contributed by atoms with Crippen LogP contribution in [0.2, 0.25) is 0 Å². The SMILES string of the molecule is CCCc1ncc(S(=O)(=O)OC)c(N(C)C)n1. The van der Waals surface area contributed by atoms with Crippen molar-refractivity contribution in [3.05, 3.63) is 12.0 Å². The summed E-state index contributed by atoms with van der Waals surface area (Å²) in [5, 5.41) is 0. The maximum absolute atomic E-state index is 11.7. The Morgan fingerprint density at radius 1 is 1.41 bits per heavy atom. The summed E-state index contributed by atoms with van der Waals surface area (Å²) >= 11 is 0. The van der Waals surface area contributed by atoms with Crippen LogP contribution in [0.15, 0.2) is 11.1 Å². The number of aryl methyl sites for hydroxylation is 1. The van der Waals surface area contributed by atoms with Crippen molar-refractivity contribution in [3.8, 4) is 0 Å². The highest BCUT2D eigenvalue weighted by Gasteiger charge is 2.21. The minimum absolute atomic E-state index is 0.00940. The molecule has 0 spiro atoms. The van der Waals surface area contributed by atoms with Crippen LogP contribution in [-0.2, 0) is 20.7 Å². The van der Waals surface area contributed by atoms with E-state index in [2.05, 4.69) is 14.2 Å². The van der Waals surface area contributed by atoms with Gasteiger partial charge in [0.25, 0.3) is 0 Å². The lowest BCUT2D eigenvalue weighted by Crippen LogP contribution is -2.18. The van der Waals surface area contributed by atoms with Crippen LogP contribution >= 0.6 is 0 Å². The highest BCUT2D eigenvalue weighted by atomic mass is 32.2. The van der Waals surface area contributed by atoms with Gasteiger partial charge >= 0.3 is 10.1 Å². The van der Waals surface area contributed by atoms with E-state index >= 15 is 0 Å². The van der Waals surface area contributed by atoms with Gasteiger partial charge in [0, 0.05) is 20.5 Å². The van der Waals surface area contributed by atoms with Gasteiger partial charge in [-0.2, -0.15) is 8.42 Å². The van der Waals surface area contributed by atoms with Crippen LogP contribution in [0.25, 0.3) is 0 Å². The van der Waals surface area contributed by atoms with Gasteiger partial charge in [0.2, 0.25) is 0 Å². The summed E-state index contributed by atoms with van der Waals surface area (Å²) in [7, 11) is 0.805. The minimum atomic E-state index is -3.77. The van der Waals surface area contributed by atoms with Crippen molar-refractivity contribution in [1.29, 1.82) is 0 Å². The highest BCUT2D eigenvalue weighted by molar-refractivity contribution is 7.86. The van der Waals surface area contributed by atoms with E-state index in [1.807, 2.05) is 6.92 Å². The fourth-order valence-corrected chi connectivity index (χ4v) is 2.14. The molecule has 0 radical (unpaired) electrons. The van der Waals surface area contributed by atoms with E-state index in [0.29, 0.717) is 18.1 Å². The maximum Gasteiger partial charge on any atom is 0.301 e. The van der Waals surface area contributed by atoms with Gasteiger partial charge in [0.1, 0.15) is 5.82 Å². The van der Waals surface area contributed by atoms with E-state index in [0.717, 1.165) is 13.5 Å². The molecular formula is C10H17N3O3S. The molecular weight excluding hydrogens is 242 g/mol. The molecule has 0 aliphatic heterocycles. The van der Waals surface area contributed by atoms with Gasteiger partial charge in [-0.05, 0) is 6.42 Å². The Hall–Kier alpha value is -1.21. The Balaban J connectivity index is 3.32. The molecule has 0 bridgehead atoms. The van der Waals surface area contributed by atoms with Crippen LogP contribution in [-0.4, -0.2) is 39.6 Å². The lowest BCUT2D eigenvalue weighted by Gasteiger charge is -2.15. The molecule has 1 aromatic heterocycles. The first-order valence-electron chi connectivity index (χ1n) is 5.26. The van der Waals surface area contributed by atoms with Gasteiger partial charge in [0.05, 0.1) is 13.3 Å². The van der Waals surface area contributed by atoms with Crippen molar-refractivity contribution in [2.45, 2.75) is 24.7 Å². The van der Waals surface area contributed by atoms with Crippen molar-refractivity contribution in [2.75, 3.05) is 26.1 Å². The van der Waals surface area contributed by atoms with Gasteiger partial charge in [-0.15, -0.1) is 0 Å². The molecule has 7 heteroatoms. The predicted molar refractivity (Wildman–Crippen MR) is 64.5 cm³/mol. The molecule has 17 heavy (non-hydrogen) atoms. The molecule has 0 fully saturated rings. The molecule has 0 saturated carbocycles. The highest BCUT2D eigenvalue weighted by Crippen LogP contribution is 2.22. The predicted octanol–water partition coefficient (Wildman–Crippen LogP) is 0.830. The maximum atomic E-state index is 11.7. The molecule has 6 nitrogen and oxygen atoms in total. The van der Waals surface area contributed by atoms with Crippen LogP contribution in [0, 0.1) is 0 Å². The first kappa shape index (κ1) is 13.9. The molecule has 0 aliphatic carbocycles. The van der Waals surface area contributed by atoms with Gasteiger partial charge in [-0.25, -0.2) is 9.97 Å². The van der Waals surface area contributed by atoms with Crippen LogP contribution in [0.1, 0.15) is 19.2 Å². The third kappa shape index (κ3) is 3.13. The van der Waals surface area contributed by atoms with E-state index in [9.17, 15) is 8.42 Å². The van der Waals surface area contributed by atoms with Crippen molar-refractivity contribution < 1.29 is 12.6 Å². The van der Waals surface area contributed by atoms with Crippen molar-refractivity contribution in [1.82, 2.24) is 9.97 Å². The average molecular weight is 259 g/mol. The zero-order valence-electron chi connectivity index (χ0n) is 10.5. The summed E-state index contributed by atoms with van der Waals surface area (Å²) in [5.41, 5.74) is 0. The van der Waals surface area contributed by atoms with E-state index < -0.39 is 10.1 Å². The second-order valence-electron chi connectivity index (χ2n) is 3.74. The second-order valence-corrected chi connectivity index (χ2v) is 5.42. The van der Waals surface area contributed by atoms with Crippen LogP contribution in [0.3, 0.4) is 0 Å². The number of hydrogen-bond donors (Lipinski definition) is 0. The third-order valence-corrected chi connectivity index (χ3v) is 3.44. The number of anilines is 1. The van der Waals surface area contributed by atoms with Crippen LogP contribution < -0.4 is 4.90 Å². The average Bonchev–Trinajstić information content (AvgIpc) is 2.29. The van der Waals surface area contributed by atoms with E-state index in [1.165, 1.54) is 6.20 Å². The summed E-state index contributed by atoms with van der Waals surface area (Å²) in [5.74, 6) is 0.983. The van der Waals surface area contributed by atoms with Gasteiger partial charge in [0.15, 0.2) is 10.7 Å². The summed E-state index contributed by atoms with van der Waals surface area (Å²) in [6, 6.07) is 0. The molecule has 1 rings (SSSR count). The number of nitrogens with zero attached hydrogens (tertiary/aromatic N) is 3. The summed E-state index contributed by atoms with van der Waals surface area (Å²) in [6.45, 7) is 2.01. The fourth-order valence-electron chi connectivity index (χ4n) is 1.33. The first-order chi connectivity index (χ1) is 7.92. The Morgan fingerprint density at radius 2 is 2.06 bits per heavy atom. The molecule has 0 atom stereocenters. The molecule has 0 N–H and O–H groups in total. The number of rotatable bonds is 5. The second kappa shape index (κ2) is 5.42. The Bertz CT molecular complexity index is 486. The van der Waals surface area contributed by atoms with Crippen LogP contribution in [0.4, 0.5) is 5.82 Å². The smallest absolute Gasteiger partial charge is 0.301 e. The fraction of sp³-hybridized carbons (Fsp3) is 0.600. The van der Waals surface area contributed by atoms with Crippen molar-refractivity contribution >= 4 is 15.9 Å². The molecule has 0 saturated heterocycles. The van der Waals surface area contributed by atoms with Gasteiger partial charge in [-0.1, -0.05) is 6.92 Å². The zero-order valence-corrected chi connectivity index (χ0v) is 11.3. The lowest BCUT2D eigenvalue weighted by molar-refractivity contribution is 0.397. The molecule has 1 aromatic rings. The van der Waals surface area contributed by atoms with Gasteiger partial charge in [-0.3, -0.25) is 4.18 Å². The van der Waals surface area contributed by atoms with Crippen LogP contribution in [0.5, 0.6) is 0 Å². The molecule has 96 valence electrons. The quantitative estimate of drug-likeness (QED) is 0.729. The van der Waals surface area contributed by atoms with E-state index in [4.69, 9.17) is 0 Å². The molecule has 0 aromatic carbocycles. The normalized spacial score (nSPS) is 11.5. The van der Waals surface area contributed by atoms with Crippen molar-refractivity contribution in [3.63, 3.8) is 0 Å². The summed E-state index contributed by atoms with van der Waals surface area (Å²) in [4.78, 5) is 9.88. The standard InChI is InChI=1S/C10H17N3O3S/c1-5-6-9-11-7-8(17(14,15)16-4)10(12-9)13(2)3/h7H,5-6H2,1-4H3. The third-order valence-electron chi connectivity index (χ3n) is 2.17. The number of hydrogen-bond acceptors (Lipinski definition) is 6. The monoisotopic (exact) mass is 259 g/mol. The van der Waals surface area contributed by atoms with E-state index in [1.54, 1.807) is 19.0 Å². The van der Waals surface area contributed by atoms with Crippen molar-refractivity contribution in [2.24, 2.45) is 0 Å². The molecule has 0 aliphatic rings. The number of aromatic nitrogens is 2. The van der Waals surface area contributed by atoms with E-state index in [-0.39, 0.29) is 4.90 Å². The first-order valence-corrected chi connectivity index (χ1v) is 6.67. The Morgan fingerprint density at radius 3 is 2.53 bits per heavy atom. The lowest BCUT2D eigenvalue weighted by atomic mass is 10.3. The Kier molecular flexibility index (Phi) is 4.41. The zero-order chi connectivity index (χ0) is 13.1. The Labute approximate surface area is 102 Å². The minimum Gasteiger partial charge on any atom is -0.361 e. The summed E-state index contributed by atoms with van der Waals surface area (Å²) < 4.78 is 27.8.